The van der Waals surface area contributed by atoms with Crippen molar-refractivity contribution >= 4 is 42.0 Å². The standard InChI is InChI=1S/C29H51N5O9S/c1-29(2,3)43-28(39)33-21(10-13-35)26(37)31-12-7-15-41-17-19-42-18-16-40-14-6-11-30-24(36)9-5-4-8-23-25-22(20-44-23)32-27(38)34-25/h13,21-23,25H,4-12,14-20H2,1-3H3,(H,30,36)(H,31,37)(H,33,39)(H2,32,34,38)/t21-,22+,23+,25+/m1/s1. The molecule has 0 aromatic heterocycles. The van der Waals surface area contributed by atoms with Crippen LogP contribution in [0, 0.1) is 0 Å². The summed E-state index contributed by atoms with van der Waals surface area (Å²) in [6.07, 6.45) is 4.28. The number of urea groups is 1. The van der Waals surface area contributed by atoms with E-state index in [-0.39, 0.29) is 30.4 Å². The zero-order chi connectivity index (χ0) is 32.2. The molecule has 0 aliphatic carbocycles. The Bertz CT molecular complexity index is 905. The molecule has 0 bridgehead atoms. The van der Waals surface area contributed by atoms with Gasteiger partial charge < -0.3 is 50.3 Å². The molecule has 0 unspecified atom stereocenters. The molecule has 5 N–H and O–H groups in total. The van der Waals surface area contributed by atoms with Crippen molar-refractivity contribution in [2.24, 2.45) is 0 Å². The number of alkyl carbamates (subject to hydrolysis) is 1. The van der Waals surface area contributed by atoms with Gasteiger partial charge in [-0.1, -0.05) is 6.42 Å². The number of aldehydes is 1. The van der Waals surface area contributed by atoms with Crippen LogP contribution in [0.1, 0.15) is 65.7 Å². The molecular weight excluding hydrogens is 594 g/mol. The van der Waals surface area contributed by atoms with Crippen LogP contribution >= 0.6 is 11.8 Å². The highest BCUT2D eigenvalue weighted by molar-refractivity contribution is 8.00. The van der Waals surface area contributed by atoms with Gasteiger partial charge in [0.25, 0.3) is 0 Å². The Kier molecular flexibility index (Phi) is 18.1. The van der Waals surface area contributed by atoms with E-state index in [1.807, 2.05) is 11.8 Å². The van der Waals surface area contributed by atoms with Gasteiger partial charge in [-0.2, -0.15) is 11.8 Å². The molecule has 15 heteroatoms. The highest BCUT2D eigenvalue weighted by atomic mass is 32.2. The van der Waals surface area contributed by atoms with Gasteiger partial charge in [-0.3, -0.25) is 9.59 Å². The van der Waals surface area contributed by atoms with Crippen molar-refractivity contribution in [1.82, 2.24) is 26.6 Å². The molecule has 2 heterocycles. The van der Waals surface area contributed by atoms with Crippen molar-refractivity contribution in [1.29, 1.82) is 0 Å². The summed E-state index contributed by atoms with van der Waals surface area (Å²) in [4.78, 5) is 58.5. The number of carbonyl (C=O) groups is 5. The van der Waals surface area contributed by atoms with E-state index in [2.05, 4.69) is 26.6 Å². The predicted molar refractivity (Wildman–Crippen MR) is 166 cm³/mol. The van der Waals surface area contributed by atoms with E-state index >= 15 is 0 Å². The van der Waals surface area contributed by atoms with Crippen molar-refractivity contribution in [2.45, 2.75) is 94.7 Å². The first-order valence-corrected chi connectivity index (χ1v) is 16.5. The fraction of sp³-hybridized carbons (Fsp3) is 0.828. The largest absolute Gasteiger partial charge is 0.444 e. The summed E-state index contributed by atoms with van der Waals surface area (Å²) in [5.74, 6) is 0.547. The topological polar surface area (TPSA) is 182 Å². The maximum atomic E-state index is 12.3. The number of thioether (sulfide) groups is 1. The average Bonchev–Trinajstić information content (AvgIpc) is 3.50. The van der Waals surface area contributed by atoms with E-state index < -0.39 is 23.6 Å². The first-order valence-electron chi connectivity index (χ1n) is 15.5. The lowest BCUT2D eigenvalue weighted by molar-refractivity contribution is -0.125. The zero-order valence-electron chi connectivity index (χ0n) is 26.3. The molecule has 0 aromatic rings. The lowest BCUT2D eigenvalue weighted by Crippen LogP contribution is -2.48. The minimum absolute atomic E-state index is 0.0563. The Morgan fingerprint density at radius 1 is 0.932 bits per heavy atom. The van der Waals surface area contributed by atoms with Crippen LogP contribution in [0.25, 0.3) is 0 Å². The minimum atomic E-state index is -0.995. The fourth-order valence-electron chi connectivity index (χ4n) is 4.59. The Hall–Kier alpha value is -2.62. The van der Waals surface area contributed by atoms with Gasteiger partial charge in [-0.05, 0) is 46.5 Å². The second-order valence-electron chi connectivity index (χ2n) is 11.7. The van der Waals surface area contributed by atoms with Crippen LogP contribution in [-0.2, 0) is 33.3 Å². The van der Waals surface area contributed by atoms with E-state index in [1.54, 1.807) is 20.8 Å². The lowest BCUT2D eigenvalue weighted by atomic mass is 10.0. The molecule has 0 spiro atoms. The Labute approximate surface area is 264 Å². The maximum absolute atomic E-state index is 12.3. The Morgan fingerprint density at radius 3 is 2.20 bits per heavy atom. The molecule has 0 aromatic carbocycles. The van der Waals surface area contributed by atoms with Crippen LogP contribution in [-0.4, -0.2) is 118 Å². The maximum Gasteiger partial charge on any atom is 0.408 e. The van der Waals surface area contributed by atoms with E-state index in [0.717, 1.165) is 31.4 Å². The summed E-state index contributed by atoms with van der Waals surface area (Å²) < 4.78 is 21.6. The van der Waals surface area contributed by atoms with Crippen molar-refractivity contribution in [3.8, 4) is 0 Å². The molecule has 0 saturated carbocycles. The number of ether oxygens (including phenoxy) is 4. The van der Waals surface area contributed by atoms with Crippen LogP contribution < -0.4 is 26.6 Å². The van der Waals surface area contributed by atoms with E-state index in [4.69, 9.17) is 18.9 Å². The molecule has 44 heavy (non-hydrogen) atoms. The predicted octanol–water partition coefficient (Wildman–Crippen LogP) is 1.26. The van der Waals surface area contributed by atoms with Crippen LogP contribution in [0.5, 0.6) is 0 Å². The summed E-state index contributed by atoms with van der Waals surface area (Å²) >= 11 is 1.89. The molecule has 2 saturated heterocycles. The molecule has 2 fully saturated rings. The first-order chi connectivity index (χ1) is 21.1. The summed E-state index contributed by atoms with van der Waals surface area (Å²) in [6.45, 7) is 8.70. The minimum Gasteiger partial charge on any atom is -0.444 e. The molecular formula is C29H51N5O9S. The van der Waals surface area contributed by atoms with E-state index in [0.29, 0.717) is 77.1 Å². The number of amides is 5. The van der Waals surface area contributed by atoms with Gasteiger partial charge in [0.15, 0.2) is 0 Å². The number of hydrogen-bond acceptors (Lipinski definition) is 10. The van der Waals surface area contributed by atoms with Crippen molar-refractivity contribution < 1.29 is 42.9 Å². The smallest absolute Gasteiger partial charge is 0.408 e. The highest BCUT2D eigenvalue weighted by Crippen LogP contribution is 2.33. The van der Waals surface area contributed by atoms with Crippen LogP contribution in [0.2, 0.25) is 0 Å². The number of fused-ring (bicyclic) bond motifs is 1. The van der Waals surface area contributed by atoms with E-state index in [9.17, 15) is 24.0 Å². The quantitative estimate of drug-likeness (QED) is 0.0616. The van der Waals surface area contributed by atoms with Crippen LogP contribution in [0.15, 0.2) is 0 Å². The molecule has 2 aliphatic heterocycles. The van der Waals surface area contributed by atoms with Gasteiger partial charge in [-0.25, -0.2) is 9.59 Å². The average molecular weight is 646 g/mol. The highest BCUT2D eigenvalue weighted by Gasteiger charge is 2.42. The molecule has 14 nitrogen and oxygen atoms in total. The fourth-order valence-corrected chi connectivity index (χ4v) is 6.14. The first kappa shape index (κ1) is 37.6. The SMILES string of the molecule is CC(C)(C)OC(=O)N[C@H](CC=O)C(=O)NCCCOCCOCCOCCCNC(=O)CCCC[C@@H]1SC[C@@H]2NC(=O)N[C@@H]21. The third kappa shape index (κ3) is 16.5. The van der Waals surface area contributed by atoms with Crippen molar-refractivity contribution in [3.05, 3.63) is 0 Å². The van der Waals surface area contributed by atoms with Crippen molar-refractivity contribution in [2.75, 3.05) is 58.5 Å². The number of carbonyl (C=O) groups excluding carboxylic acids is 5. The number of hydrogen-bond donors (Lipinski definition) is 5. The second kappa shape index (κ2) is 21.2. The third-order valence-corrected chi connectivity index (χ3v) is 8.22. The van der Waals surface area contributed by atoms with Crippen LogP contribution in [0.4, 0.5) is 9.59 Å². The van der Waals surface area contributed by atoms with Gasteiger partial charge in [0, 0.05) is 50.1 Å². The number of unbranched alkanes of at least 4 members (excludes halogenated alkanes) is 1. The van der Waals surface area contributed by atoms with Gasteiger partial charge in [0.1, 0.15) is 17.9 Å². The second-order valence-corrected chi connectivity index (χ2v) is 12.9. The third-order valence-electron chi connectivity index (χ3n) is 6.72. The van der Waals surface area contributed by atoms with Gasteiger partial charge in [0.05, 0.1) is 38.5 Å². The monoisotopic (exact) mass is 645 g/mol. The van der Waals surface area contributed by atoms with Gasteiger partial charge >= 0.3 is 12.1 Å². The Balaban J connectivity index is 1.32. The molecule has 252 valence electrons. The Morgan fingerprint density at radius 2 is 1.57 bits per heavy atom. The molecule has 2 rings (SSSR count). The summed E-state index contributed by atoms with van der Waals surface area (Å²) in [6, 6.07) is -0.609. The molecule has 4 atom stereocenters. The van der Waals surface area contributed by atoms with Gasteiger partial charge in [-0.15, -0.1) is 0 Å². The van der Waals surface area contributed by atoms with Crippen molar-refractivity contribution in [3.63, 3.8) is 0 Å². The molecule has 5 amide bonds. The number of nitrogens with one attached hydrogen (secondary N) is 5. The summed E-state index contributed by atoms with van der Waals surface area (Å²) in [5, 5.41) is 14.4. The van der Waals surface area contributed by atoms with Crippen LogP contribution in [0.3, 0.4) is 0 Å². The summed E-state index contributed by atoms with van der Waals surface area (Å²) in [7, 11) is 0. The summed E-state index contributed by atoms with van der Waals surface area (Å²) in [5.41, 5.74) is -0.710. The lowest BCUT2D eigenvalue weighted by Gasteiger charge is -2.22. The van der Waals surface area contributed by atoms with Gasteiger partial charge in [0.2, 0.25) is 11.8 Å². The number of rotatable bonds is 23. The molecule has 0 radical (unpaired) electrons. The van der Waals surface area contributed by atoms with E-state index in [1.165, 1.54) is 0 Å². The molecule has 2 aliphatic rings. The zero-order valence-corrected chi connectivity index (χ0v) is 27.1. The normalized spacial score (nSPS) is 19.8.